The largest absolute Gasteiger partial charge is 0.497 e. The zero-order chi connectivity index (χ0) is 15.2. The fourth-order valence-electron chi connectivity index (χ4n) is 2.30. The van der Waals surface area contributed by atoms with Crippen molar-refractivity contribution in [2.75, 3.05) is 26.1 Å². The van der Waals surface area contributed by atoms with E-state index in [1.165, 1.54) is 11.3 Å². The number of anilines is 1. The first-order chi connectivity index (χ1) is 10.1. The predicted octanol–water partition coefficient (Wildman–Crippen LogP) is 3.39. The van der Waals surface area contributed by atoms with E-state index in [0.717, 1.165) is 24.2 Å². The van der Waals surface area contributed by atoms with Crippen molar-refractivity contribution in [1.29, 1.82) is 0 Å². The van der Waals surface area contributed by atoms with Crippen molar-refractivity contribution in [3.05, 3.63) is 59.7 Å². The molecule has 1 unspecified atom stereocenters. The van der Waals surface area contributed by atoms with Crippen molar-refractivity contribution in [3.8, 4) is 5.75 Å². The fourth-order valence-corrected chi connectivity index (χ4v) is 2.30. The zero-order valence-electron chi connectivity index (χ0n) is 13.0. The third kappa shape index (κ3) is 4.23. The molecule has 21 heavy (non-hydrogen) atoms. The number of rotatable bonds is 6. The van der Waals surface area contributed by atoms with Gasteiger partial charge in [-0.1, -0.05) is 24.3 Å². The molecule has 0 spiro atoms. The highest BCUT2D eigenvalue weighted by atomic mass is 16.5. The van der Waals surface area contributed by atoms with E-state index in [0.29, 0.717) is 0 Å². The summed E-state index contributed by atoms with van der Waals surface area (Å²) in [7, 11) is 5.77. The van der Waals surface area contributed by atoms with Crippen molar-refractivity contribution >= 4 is 5.69 Å². The van der Waals surface area contributed by atoms with Crippen LogP contribution in [-0.4, -0.2) is 21.2 Å². The molecule has 0 amide bonds. The van der Waals surface area contributed by atoms with Gasteiger partial charge in [-0.05, 0) is 48.2 Å². The van der Waals surface area contributed by atoms with Crippen molar-refractivity contribution in [1.82, 2.24) is 0 Å². The SMILES string of the molecule is COc1ccc(C(N)CCc2ccc(N(C)C)cc2)cc1. The summed E-state index contributed by atoms with van der Waals surface area (Å²) in [6, 6.07) is 16.7. The molecular weight excluding hydrogens is 260 g/mol. The second kappa shape index (κ2) is 7.14. The molecule has 0 aromatic heterocycles. The molecule has 0 bridgehead atoms. The second-order valence-electron chi connectivity index (χ2n) is 5.48. The first kappa shape index (κ1) is 15.4. The van der Waals surface area contributed by atoms with Crippen LogP contribution in [0.15, 0.2) is 48.5 Å². The van der Waals surface area contributed by atoms with Crippen LogP contribution in [0.1, 0.15) is 23.6 Å². The topological polar surface area (TPSA) is 38.5 Å². The summed E-state index contributed by atoms with van der Waals surface area (Å²) >= 11 is 0. The lowest BCUT2D eigenvalue weighted by Crippen LogP contribution is -2.11. The van der Waals surface area contributed by atoms with Crippen LogP contribution in [0.5, 0.6) is 5.75 Å². The van der Waals surface area contributed by atoms with Crippen molar-refractivity contribution < 1.29 is 4.74 Å². The molecule has 0 aliphatic carbocycles. The summed E-state index contributed by atoms with van der Waals surface area (Å²) in [5.41, 5.74) is 9.96. The third-order valence-corrected chi connectivity index (χ3v) is 3.74. The smallest absolute Gasteiger partial charge is 0.118 e. The lowest BCUT2D eigenvalue weighted by atomic mass is 9.99. The van der Waals surface area contributed by atoms with Crippen LogP contribution in [-0.2, 0) is 6.42 Å². The highest BCUT2D eigenvalue weighted by Gasteiger charge is 2.07. The number of nitrogens with zero attached hydrogens (tertiary/aromatic N) is 1. The summed E-state index contributed by atoms with van der Waals surface area (Å²) in [6.45, 7) is 0. The van der Waals surface area contributed by atoms with E-state index in [9.17, 15) is 0 Å². The Hall–Kier alpha value is -2.00. The normalized spacial score (nSPS) is 12.0. The molecular formula is C18H24N2O. The van der Waals surface area contributed by atoms with Gasteiger partial charge in [0.25, 0.3) is 0 Å². The number of benzene rings is 2. The van der Waals surface area contributed by atoms with Gasteiger partial charge in [-0.15, -0.1) is 0 Å². The molecule has 2 aromatic rings. The van der Waals surface area contributed by atoms with Crippen molar-refractivity contribution in [2.24, 2.45) is 5.73 Å². The Bertz CT molecular complexity index is 546. The zero-order valence-corrected chi connectivity index (χ0v) is 13.0. The quantitative estimate of drug-likeness (QED) is 0.883. The van der Waals surface area contributed by atoms with Crippen LogP contribution in [0.25, 0.3) is 0 Å². The predicted molar refractivity (Wildman–Crippen MR) is 89.0 cm³/mol. The van der Waals surface area contributed by atoms with E-state index in [1.54, 1.807) is 7.11 Å². The first-order valence-electron chi connectivity index (χ1n) is 7.26. The molecule has 2 N–H and O–H groups in total. The Labute approximate surface area is 127 Å². The number of hydrogen-bond donors (Lipinski definition) is 1. The van der Waals surface area contributed by atoms with Crippen LogP contribution < -0.4 is 15.4 Å². The van der Waals surface area contributed by atoms with Gasteiger partial charge in [0.15, 0.2) is 0 Å². The molecule has 0 heterocycles. The Morgan fingerprint density at radius 3 is 2.14 bits per heavy atom. The summed E-state index contributed by atoms with van der Waals surface area (Å²) in [6.07, 6.45) is 1.93. The average Bonchev–Trinajstić information content (AvgIpc) is 2.53. The third-order valence-electron chi connectivity index (χ3n) is 3.74. The average molecular weight is 284 g/mol. The molecule has 0 saturated carbocycles. The molecule has 3 heteroatoms. The van der Waals surface area contributed by atoms with E-state index in [2.05, 4.69) is 43.3 Å². The van der Waals surface area contributed by atoms with Gasteiger partial charge in [0.2, 0.25) is 0 Å². The lowest BCUT2D eigenvalue weighted by molar-refractivity contribution is 0.414. The van der Waals surface area contributed by atoms with Gasteiger partial charge in [-0.3, -0.25) is 0 Å². The molecule has 112 valence electrons. The molecule has 3 nitrogen and oxygen atoms in total. The van der Waals surface area contributed by atoms with Gasteiger partial charge in [0.1, 0.15) is 5.75 Å². The molecule has 2 aromatic carbocycles. The van der Waals surface area contributed by atoms with Gasteiger partial charge >= 0.3 is 0 Å². The first-order valence-corrected chi connectivity index (χ1v) is 7.26. The van der Waals surface area contributed by atoms with Crippen LogP contribution >= 0.6 is 0 Å². The fraction of sp³-hybridized carbons (Fsp3) is 0.333. The van der Waals surface area contributed by atoms with Crippen LogP contribution in [0, 0.1) is 0 Å². The van der Waals surface area contributed by atoms with Gasteiger partial charge in [-0.2, -0.15) is 0 Å². The minimum Gasteiger partial charge on any atom is -0.497 e. The number of aryl methyl sites for hydroxylation is 1. The lowest BCUT2D eigenvalue weighted by Gasteiger charge is -2.14. The highest BCUT2D eigenvalue weighted by Crippen LogP contribution is 2.21. The number of hydrogen-bond acceptors (Lipinski definition) is 3. The van der Waals surface area contributed by atoms with Crippen molar-refractivity contribution in [3.63, 3.8) is 0 Å². The maximum absolute atomic E-state index is 6.26. The molecule has 0 aliphatic heterocycles. The second-order valence-corrected chi connectivity index (χ2v) is 5.48. The van der Waals surface area contributed by atoms with E-state index in [-0.39, 0.29) is 6.04 Å². The van der Waals surface area contributed by atoms with E-state index in [4.69, 9.17) is 10.5 Å². The monoisotopic (exact) mass is 284 g/mol. The molecule has 1 atom stereocenters. The Kier molecular flexibility index (Phi) is 5.23. The van der Waals surface area contributed by atoms with Crippen LogP contribution in [0.2, 0.25) is 0 Å². The van der Waals surface area contributed by atoms with Gasteiger partial charge in [0.05, 0.1) is 7.11 Å². The van der Waals surface area contributed by atoms with Crippen molar-refractivity contribution in [2.45, 2.75) is 18.9 Å². The molecule has 0 aliphatic rings. The number of nitrogens with two attached hydrogens (primary N) is 1. The minimum atomic E-state index is 0.0597. The highest BCUT2D eigenvalue weighted by molar-refractivity contribution is 5.46. The maximum atomic E-state index is 6.26. The Morgan fingerprint density at radius 1 is 1.00 bits per heavy atom. The Balaban J connectivity index is 1.92. The number of methoxy groups -OCH3 is 1. The summed E-state index contributed by atoms with van der Waals surface area (Å²) in [5.74, 6) is 0.866. The minimum absolute atomic E-state index is 0.0597. The standard InChI is InChI=1S/C18H24N2O/c1-20(2)16-9-4-14(5-10-16)6-13-18(19)15-7-11-17(21-3)12-8-15/h4-5,7-12,18H,6,13,19H2,1-3H3. The van der Waals surface area contributed by atoms with Gasteiger partial charge in [0, 0.05) is 25.8 Å². The molecule has 2 rings (SSSR count). The van der Waals surface area contributed by atoms with E-state index in [1.807, 2.05) is 24.3 Å². The van der Waals surface area contributed by atoms with Gasteiger partial charge < -0.3 is 15.4 Å². The summed E-state index contributed by atoms with van der Waals surface area (Å²) in [4.78, 5) is 2.10. The van der Waals surface area contributed by atoms with E-state index < -0.39 is 0 Å². The van der Waals surface area contributed by atoms with Crippen LogP contribution in [0.3, 0.4) is 0 Å². The molecule has 0 saturated heterocycles. The molecule has 0 radical (unpaired) electrons. The maximum Gasteiger partial charge on any atom is 0.118 e. The van der Waals surface area contributed by atoms with Gasteiger partial charge in [-0.25, -0.2) is 0 Å². The van der Waals surface area contributed by atoms with E-state index >= 15 is 0 Å². The molecule has 0 fully saturated rings. The summed E-state index contributed by atoms with van der Waals surface area (Å²) < 4.78 is 5.16. The summed E-state index contributed by atoms with van der Waals surface area (Å²) in [5, 5.41) is 0. The number of ether oxygens (including phenoxy) is 1. The van der Waals surface area contributed by atoms with Crippen LogP contribution in [0.4, 0.5) is 5.69 Å². The Morgan fingerprint density at radius 2 is 1.62 bits per heavy atom.